The molecule has 1 heterocycles. The lowest BCUT2D eigenvalue weighted by atomic mass is 10.1. The zero-order valence-corrected chi connectivity index (χ0v) is 12.8. The zero-order valence-electron chi connectivity index (χ0n) is 12.0. The van der Waals surface area contributed by atoms with E-state index in [9.17, 15) is 23.1 Å². The van der Waals surface area contributed by atoms with Crippen molar-refractivity contribution < 1.29 is 23.1 Å². The summed E-state index contributed by atoms with van der Waals surface area (Å²) in [4.78, 5) is 25.4. The summed E-state index contributed by atoms with van der Waals surface area (Å²) in [6, 6.07) is 9.64. The van der Waals surface area contributed by atoms with Crippen molar-refractivity contribution in [2.45, 2.75) is 4.90 Å². The fourth-order valence-electron chi connectivity index (χ4n) is 2.38. The molecule has 118 valence electrons. The molecule has 0 atom stereocenters. The van der Waals surface area contributed by atoms with Gasteiger partial charge in [-0.25, -0.2) is 18.0 Å². The number of phenols is 1. The van der Waals surface area contributed by atoms with Crippen molar-refractivity contribution in [2.75, 3.05) is 11.9 Å². The van der Waals surface area contributed by atoms with Gasteiger partial charge in [0.25, 0.3) is 11.8 Å². The Morgan fingerprint density at radius 3 is 2.09 bits per heavy atom. The minimum Gasteiger partial charge on any atom is -0.506 e. The van der Waals surface area contributed by atoms with Crippen LogP contribution in [0.5, 0.6) is 5.75 Å². The van der Waals surface area contributed by atoms with Crippen molar-refractivity contribution in [3.8, 4) is 5.75 Å². The van der Waals surface area contributed by atoms with Crippen LogP contribution in [0.25, 0.3) is 0 Å². The smallest absolute Gasteiger partial charge is 0.266 e. The Balaban J connectivity index is 2.16. The molecule has 0 fully saturated rings. The molecule has 0 unspecified atom stereocenters. The second-order valence-corrected chi connectivity index (χ2v) is 6.74. The third kappa shape index (κ3) is 2.28. The first kappa shape index (κ1) is 15.2. The Labute approximate surface area is 132 Å². The van der Waals surface area contributed by atoms with Crippen LogP contribution >= 0.6 is 0 Å². The number of aromatic hydroxyl groups is 1. The summed E-state index contributed by atoms with van der Waals surface area (Å²) in [7, 11) is -2.54. The molecule has 0 saturated heterocycles. The highest BCUT2D eigenvalue weighted by molar-refractivity contribution is 7.89. The lowest BCUT2D eigenvalue weighted by Crippen LogP contribution is -2.30. The molecule has 1 aliphatic heterocycles. The number of benzene rings is 2. The topological polar surface area (TPSA) is 104 Å². The molecular weight excluding hydrogens is 320 g/mol. The maximum atomic E-state index is 12.4. The molecule has 0 spiro atoms. The second kappa shape index (κ2) is 5.18. The van der Waals surface area contributed by atoms with E-state index in [1.165, 1.54) is 25.2 Å². The number of imide groups is 1. The summed E-state index contributed by atoms with van der Waals surface area (Å²) in [5, 5.41) is 9.99. The van der Waals surface area contributed by atoms with Crippen LogP contribution in [0, 0.1) is 0 Å². The summed E-state index contributed by atoms with van der Waals surface area (Å²) in [6.45, 7) is 0. The number of amides is 2. The number of anilines is 1. The van der Waals surface area contributed by atoms with E-state index < -0.39 is 21.8 Å². The van der Waals surface area contributed by atoms with Crippen molar-refractivity contribution in [1.29, 1.82) is 0 Å². The van der Waals surface area contributed by atoms with Crippen molar-refractivity contribution in [3.05, 3.63) is 53.6 Å². The molecule has 0 bridgehead atoms. The van der Waals surface area contributed by atoms with Crippen molar-refractivity contribution in [1.82, 2.24) is 4.72 Å². The minimum atomic E-state index is -3.78. The van der Waals surface area contributed by atoms with E-state index in [1.54, 1.807) is 12.1 Å². The Hall–Kier alpha value is -2.71. The van der Waals surface area contributed by atoms with Gasteiger partial charge in [-0.15, -0.1) is 0 Å². The fourth-order valence-corrected chi connectivity index (χ4v) is 3.13. The summed E-state index contributed by atoms with van der Waals surface area (Å²) >= 11 is 0. The van der Waals surface area contributed by atoms with Gasteiger partial charge in [0.05, 0.1) is 21.7 Å². The molecule has 0 aliphatic carbocycles. The van der Waals surface area contributed by atoms with Crippen LogP contribution in [-0.4, -0.2) is 32.4 Å². The molecule has 0 aromatic heterocycles. The number of nitrogens with one attached hydrogen (secondary N) is 1. The number of carbonyl (C=O) groups excluding carboxylic acids is 2. The van der Waals surface area contributed by atoms with Gasteiger partial charge in [0.2, 0.25) is 10.0 Å². The van der Waals surface area contributed by atoms with Crippen LogP contribution in [0.1, 0.15) is 20.7 Å². The zero-order chi connectivity index (χ0) is 16.8. The molecule has 23 heavy (non-hydrogen) atoms. The average molecular weight is 332 g/mol. The second-order valence-electron chi connectivity index (χ2n) is 4.85. The van der Waals surface area contributed by atoms with Gasteiger partial charge in [0.15, 0.2) is 0 Å². The summed E-state index contributed by atoms with van der Waals surface area (Å²) in [6.07, 6.45) is 0. The number of nitrogens with zero attached hydrogens (tertiary/aromatic N) is 1. The lowest BCUT2D eigenvalue weighted by Gasteiger charge is -2.16. The normalized spacial score (nSPS) is 14.2. The lowest BCUT2D eigenvalue weighted by molar-refractivity contribution is 0.0925. The van der Waals surface area contributed by atoms with E-state index >= 15 is 0 Å². The Kier molecular flexibility index (Phi) is 3.42. The number of hydrogen-bond donors (Lipinski definition) is 2. The highest BCUT2D eigenvalue weighted by Crippen LogP contribution is 2.35. The SMILES string of the molecule is CNS(=O)(=O)c1ccc(O)c(N2C(=O)c3ccccc3C2=O)c1. The number of phenolic OH excluding ortho intramolecular Hbond substituents is 1. The third-order valence-electron chi connectivity index (χ3n) is 3.56. The van der Waals surface area contributed by atoms with Gasteiger partial charge in [-0.3, -0.25) is 9.59 Å². The van der Waals surface area contributed by atoms with Crippen LogP contribution in [-0.2, 0) is 10.0 Å². The van der Waals surface area contributed by atoms with Crippen LogP contribution in [0.15, 0.2) is 47.4 Å². The molecule has 3 rings (SSSR count). The van der Waals surface area contributed by atoms with Gasteiger partial charge in [0.1, 0.15) is 5.75 Å². The summed E-state index contributed by atoms with van der Waals surface area (Å²) in [5.74, 6) is -1.59. The van der Waals surface area contributed by atoms with Crippen LogP contribution in [0.2, 0.25) is 0 Å². The van der Waals surface area contributed by atoms with E-state index in [-0.39, 0.29) is 27.5 Å². The van der Waals surface area contributed by atoms with Crippen LogP contribution in [0.3, 0.4) is 0 Å². The maximum absolute atomic E-state index is 12.4. The molecule has 0 radical (unpaired) electrons. The quantitative estimate of drug-likeness (QED) is 0.819. The van der Waals surface area contributed by atoms with E-state index in [4.69, 9.17) is 0 Å². The van der Waals surface area contributed by atoms with E-state index in [0.29, 0.717) is 0 Å². The van der Waals surface area contributed by atoms with Gasteiger partial charge >= 0.3 is 0 Å². The Bertz CT molecular complexity index is 902. The Morgan fingerprint density at radius 1 is 1.00 bits per heavy atom. The molecule has 7 nitrogen and oxygen atoms in total. The van der Waals surface area contributed by atoms with Gasteiger partial charge in [0, 0.05) is 0 Å². The standard InChI is InChI=1S/C15H12N2O5S/c1-16-23(21,22)9-6-7-13(18)12(8-9)17-14(19)10-4-2-3-5-11(10)15(17)20/h2-8,16,18H,1H3. The largest absolute Gasteiger partial charge is 0.506 e. The number of hydrogen-bond acceptors (Lipinski definition) is 5. The summed E-state index contributed by atoms with van der Waals surface area (Å²) in [5.41, 5.74) is 0.241. The first-order chi connectivity index (χ1) is 10.9. The molecule has 0 saturated carbocycles. The molecule has 8 heteroatoms. The molecular formula is C15H12N2O5S. The van der Waals surface area contributed by atoms with E-state index in [2.05, 4.69) is 4.72 Å². The Morgan fingerprint density at radius 2 is 1.57 bits per heavy atom. The first-order valence-corrected chi connectivity index (χ1v) is 8.09. The highest BCUT2D eigenvalue weighted by Gasteiger charge is 2.38. The van der Waals surface area contributed by atoms with Crippen molar-refractivity contribution in [2.24, 2.45) is 0 Å². The number of rotatable bonds is 3. The minimum absolute atomic E-state index is 0.163. The molecule has 2 aromatic rings. The number of fused-ring (bicyclic) bond motifs is 1. The molecule has 2 amide bonds. The number of sulfonamides is 1. The first-order valence-electron chi connectivity index (χ1n) is 6.61. The van der Waals surface area contributed by atoms with Crippen molar-refractivity contribution >= 4 is 27.5 Å². The molecule has 1 aliphatic rings. The van der Waals surface area contributed by atoms with E-state index in [0.717, 1.165) is 17.0 Å². The predicted molar refractivity (Wildman–Crippen MR) is 81.9 cm³/mol. The van der Waals surface area contributed by atoms with E-state index in [1.807, 2.05) is 0 Å². The highest BCUT2D eigenvalue weighted by atomic mass is 32.2. The van der Waals surface area contributed by atoms with Gasteiger partial charge < -0.3 is 5.11 Å². The fraction of sp³-hybridized carbons (Fsp3) is 0.0667. The predicted octanol–water partition coefficient (Wildman–Crippen LogP) is 1.10. The summed E-state index contributed by atoms with van der Waals surface area (Å²) < 4.78 is 25.9. The van der Waals surface area contributed by atoms with Gasteiger partial charge in [-0.1, -0.05) is 12.1 Å². The number of carbonyl (C=O) groups is 2. The van der Waals surface area contributed by atoms with Gasteiger partial charge in [-0.05, 0) is 37.4 Å². The van der Waals surface area contributed by atoms with Crippen LogP contribution < -0.4 is 9.62 Å². The average Bonchev–Trinajstić information content (AvgIpc) is 2.80. The van der Waals surface area contributed by atoms with Crippen LogP contribution in [0.4, 0.5) is 5.69 Å². The monoisotopic (exact) mass is 332 g/mol. The van der Waals surface area contributed by atoms with Gasteiger partial charge in [-0.2, -0.15) is 0 Å². The molecule has 2 N–H and O–H groups in total. The third-order valence-corrected chi connectivity index (χ3v) is 4.97. The maximum Gasteiger partial charge on any atom is 0.266 e. The van der Waals surface area contributed by atoms with Crippen molar-refractivity contribution in [3.63, 3.8) is 0 Å². The molecule has 2 aromatic carbocycles.